The number of hydrogen-bond donors (Lipinski definition) is 3. The van der Waals surface area contributed by atoms with Gasteiger partial charge in [-0.3, -0.25) is 0 Å². The Labute approximate surface area is 115 Å². The molecule has 1 heterocycles. The smallest absolute Gasteiger partial charge is 0.315 e. The summed E-state index contributed by atoms with van der Waals surface area (Å²) in [5, 5.41) is 14.3. The lowest BCUT2D eigenvalue weighted by Gasteiger charge is -2.26. The zero-order valence-corrected chi connectivity index (χ0v) is 11.5. The van der Waals surface area contributed by atoms with Gasteiger partial charge < -0.3 is 15.7 Å². The van der Waals surface area contributed by atoms with Crippen molar-refractivity contribution in [3.05, 3.63) is 29.6 Å². The summed E-state index contributed by atoms with van der Waals surface area (Å²) >= 11 is 1.67. The molecule has 2 atom stereocenters. The Morgan fingerprint density at radius 3 is 3.16 bits per heavy atom. The Hall–Kier alpha value is -1.27. The van der Waals surface area contributed by atoms with Crippen LogP contribution in [0.15, 0.2) is 23.1 Å². The maximum Gasteiger partial charge on any atom is 0.315 e. The van der Waals surface area contributed by atoms with Crippen molar-refractivity contribution in [2.24, 2.45) is 0 Å². The van der Waals surface area contributed by atoms with E-state index >= 15 is 0 Å². The van der Waals surface area contributed by atoms with Crippen molar-refractivity contribution in [1.82, 2.24) is 10.6 Å². The first-order valence-electron chi connectivity index (χ1n) is 6.20. The minimum Gasteiger partial charge on any atom is -0.394 e. The van der Waals surface area contributed by atoms with Gasteiger partial charge in [-0.15, -0.1) is 11.8 Å². The van der Waals surface area contributed by atoms with Crippen LogP contribution in [0.4, 0.5) is 9.18 Å². The predicted molar refractivity (Wildman–Crippen MR) is 72.7 cm³/mol. The third-order valence-electron chi connectivity index (χ3n) is 2.97. The van der Waals surface area contributed by atoms with Crippen LogP contribution in [-0.2, 0) is 0 Å². The monoisotopic (exact) mass is 284 g/mol. The Morgan fingerprint density at radius 2 is 2.42 bits per heavy atom. The lowest BCUT2D eigenvalue weighted by atomic mass is 10.0. The highest BCUT2D eigenvalue weighted by molar-refractivity contribution is 7.99. The minimum absolute atomic E-state index is 0.112. The average Bonchev–Trinajstić information content (AvgIpc) is 2.39. The second-order valence-corrected chi connectivity index (χ2v) is 5.71. The number of fused-ring (bicyclic) bond motifs is 1. The number of carbonyl (C=O) groups is 1. The first kappa shape index (κ1) is 14.1. The quantitative estimate of drug-likeness (QED) is 0.796. The molecule has 1 aromatic rings. The highest BCUT2D eigenvalue weighted by Gasteiger charge is 2.23. The van der Waals surface area contributed by atoms with Crippen molar-refractivity contribution in [1.29, 1.82) is 0 Å². The molecule has 3 N–H and O–H groups in total. The van der Waals surface area contributed by atoms with Gasteiger partial charge in [-0.2, -0.15) is 0 Å². The fourth-order valence-electron chi connectivity index (χ4n) is 1.98. The molecule has 104 valence electrons. The number of aliphatic hydroxyl groups is 1. The third-order valence-corrected chi connectivity index (χ3v) is 4.09. The molecule has 0 aliphatic carbocycles. The van der Waals surface area contributed by atoms with Gasteiger partial charge in [0.25, 0.3) is 0 Å². The first-order valence-corrected chi connectivity index (χ1v) is 7.19. The number of halogens is 1. The van der Waals surface area contributed by atoms with Gasteiger partial charge in [-0.05, 0) is 37.1 Å². The van der Waals surface area contributed by atoms with E-state index < -0.39 is 0 Å². The summed E-state index contributed by atoms with van der Waals surface area (Å²) in [6.07, 6.45) is 0.766. The van der Waals surface area contributed by atoms with Gasteiger partial charge >= 0.3 is 6.03 Å². The number of hydrogen-bond acceptors (Lipinski definition) is 3. The fourth-order valence-corrected chi connectivity index (χ4v) is 3.09. The number of benzene rings is 1. The zero-order chi connectivity index (χ0) is 13.8. The number of nitrogens with one attached hydrogen (secondary N) is 2. The van der Waals surface area contributed by atoms with Gasteiger partial charge in [-0.25, -0.2) is 9.18 Å². The van der Waals surface area contributed by atoms with Gasteiger partial charge in [0.1, 0.15) is 5.82 Å². The minimum atomic E-state index is -0.339. The van der Waals surface area contributed by atoms with E-state index in [1.807, 2.05) is 0 Å². The molecule has 4 nitrogen and oxygen atoms in total. The maximum absolute atomic E-state index is 13.3. The van der Waals surface area contributed by atoms with E-state index in [2.05, 4.69) is 10.6 Å². The van der Waals surface area contributed by atoms with Crippen LogP contribution < -0.4 is 10.6 Å². The van der Waals surface area contributed by atoms with Crippen molar-refractivity contribution >= 4 is 17.8 Å². The van der Waals surface area contributed by atoms with E-state index in [-0.39, 0.29) is 30.5 Å². The fraction of sp³-hybridized carbons (Fsp3) is 0.462. The number of carbonyl (C=O) groups excluding carboxylic acids is 1. The molecule has 19 heavy (non-hydrogen) atoms. The Balaban J connectivity index is 2.07. The van der Waals surface area contributed by atoms with Gasteiger partial charge in [-0.1, -0.05) is 0 Å². The van der Waals surface area contributed by atoms with Gasteiger partial charge in [0.15, 0.2) is 0 Å². The van der Waals surface area contributed by atoms with Crippen LogP contribution in [0, 0.1) is 5.82 Å². The van der Waals surface area contributed by atoms with Crippen molar-refractivity contribution in [3.63, 3.8) is 0 Å². The molecule has 2 amide bonds. The standard InChI is InChI=1S/C13H17FN2O2S/c1-8(7-17)15-13(18)16-11-4-5-19-12-3-2-9(14)6-10(11)12/h2-3,6,8,11,17H,4-5,7H2,1H3,(H2,15,16,18). The number of amides is 2. The summed E-state index contributed by atoms with van der Waals surface area (Å²) < 4.78 is 13.3. The van der Waals surface area contributed by atoms with E-state index in [1.54, 1.807) is 24.8 Å². The topological polar surface area (TPSA) is 61.4 Å². The number of urea groups is 1. The molecule has 0 saturated carbocycles. The summed E-state index contributed by atoms with van der Waals surface area (Å²) in [6, 6.07) is 3.83. The highest BCUT2D eigenvalue weighted by Crippen LogP contribution is 2.36. The van der Waals surface area contributed by atoms with Crippen LogP contribution in [-0.4, -0.2) is 29.5 Å². The van der Waals surface area contributed by atoms with Gasteiger partial charge in [0, 0.05) is 10.6 Å². The molecule has 1 aliphatic rings. The molecule has 0 aromatic heterocycles. The Kier molecular flexibility index (Phi) is 4.66. The summed E-state index contributed by atoms with van der Waals surface area (Å²) in [5.74, 6) is 0.594. The van der Waals surface area contributed by atoms with E-state index in [0.717, 1.165) is 22.6 Å². The molecule has 6 heteroatoms. The third kappa shape index (κ3) is 3.61. The molecule has 0 saturated heterocycles. The van der Waals surface area contributed by atoms with Crippen LogP contribution in [0.3, 0.4) is 0 Å². The second-order valence-electron chi connectivity index (χ2n) is 4.57. The number of thioether (sulfide) groups is 1. The molecule has 2 unspecified atom stereocenters. The molecular weight excluding hydrogens is 267 g/mol. The molecule has 0 fully saturated rings. The van der Waals surface area contributed by atoms with Crippen LogP contribution in [0.5, 0.6) is 0 Å². The zero-order valence-electron chi connectivity index (χ0n) is 10.6. The highest BCUT2D eigenvalue weighted by atomic mass is 32.2. The largest absolute Gasteiger partial charge is 0.394 e. The van der Waals surface area contributed by atoms with Crippen molar-refractivity contribution in [3.8, 4) is 0 Å². The molecule has 2 rings (SSSR count). The average molecular weight is 284 g/mol. The van der Waals surface area contributed by atoms with Crippen molar-refractivity contribution < 1.29 is 14.3 Å². The SMILES string of the molecule is CC(CO)NC(=O)NC1CCSc2ccc(F)cc21. The van der Waals surface area contributed by atoms with E-state index in [1.165, 1.54) is 12.1 Å². The van der Waals surface area contributed by atoms with Gasteiger partial charge in [0.2, 0.25) is 0 Å². The summed E-state index contributed by atoms with van der Waals surface area (Å²) in [7, 11) is 0. The maximum atomic E-state index is 13.3. The molecule has 0 radical (unpaired) electrons. The molecular formula is C13H17FN2O2S. The summed E-state index contributed by atoms with van der Waals surface area (Å²) in [6.45, 7) is 1.60. The molecule has 1 aliphatic heterocycles. The number of aliphatic hydroxyl groups excluding tert-OH is 1. The Morgan fingerprint density at radius 1 is 1.63 bits per heavy atom. The lowest BCUT2D eigenvalue weighted by molar-refractivity contribution is 0.217. The van der Waals surface area contributed by atoms with E-state index in [4.69, 9.17) is 5.11 Å². The van der Waals surface area contributed by atoms with Crippen molar-refractivity contribution in [2.45, 2.75) is 30.3 Å². The van der Waals surface area contributed by atoms with Crippen LogP contribution >= 0.6 is 11.8 Å². The Bertz CT molecular complexity index is 470. The summed E-state index contributed by atoms with van der Waals surface area (Å²) in [4.78, 5) is 12.7. The molecule has 1 aromatic carbocycles. The molecule has 0 spiro atoms. The predicted octanol–water partition coefficient (Wildman–Crippen LogP) is 2.04. The van der Waals surface area contributed by atoms with Crippen molar-refractivity contribution in [2.75, 3.05) is 12.4 Å². The summed E-state index contributed by atoms with van der Waals surface area (Å²) in [5.41, 5.74) is 0.822. The first-order chi connectivity index (χ1) is 9.10. The second kappa shape index (κ2) is 6.25. The number of rotatable bonds is 3. The van der Waals surface area contributed by atoms with E-state index in [0.29, 0.717) is 0 Å². The van der Waals surface area contributed by atoms with Crippen LogP contribution in [0.25, 0.3) is 0 Å². The molecule has 0 bridgehead atoms. The lowest BCUT2D eigenvalue weighted by Crippen LogP contribution is -2.44. The van der Waals surface area contributed by atoms with Crippen LogP contribution in [0.1, 0.15) is 24.9 Å². The normalized spacial score (nSPS) is 19.4. The van der Waals surface area contributed by atoms with Gasteiger partial charge in [0.05, 0.1) is 18.7 Å². The van der Waals surface area contributed by atoms with E-state index in [9.17, 15) is 9.18 Å². The van der Waals surface area contributed by atoms with Crippen LogP contribution in [0.2, 0.25) is 0 Å².